The van der Waals surface area contributed by atoms with Gasteiger partial charge in [0, 0.05) is 24.0 Å². The molecule has 0 saturated heterocycles. The fourth-order valence-corrected chi connectivity index (χ4v) is 5.20. The molecule has 3 N–H and O–H groups in total. The Labute approximate surface area is 227 Å². The molecular weight excluding hydrogens is 529 g/mol. The third kappa shape index (κ3) is 5.80. The Morgan fingerprint density at radius 3 is 2.38 bits per heavy atom. The van der Waals surface area contributed by atoms with Gasteiger partial charge in [0.05, 0.1) is 17.9 Å². The van der Waals surface area contributed by atoms with Crippen LogP contribution in [-0.4, -0.2) is 47.6 Å². The normalized spacial score (nSPS) is 17.2. The van der Waals surface area contributed by atoms with Crippen LogP contribution in [0.4, 0.5) is 18.9 Å². The van der Waals surface area contributed by atoms with Gasteiger partial charge in [-0.2, -0.15) is 28.5 Å². The summed E-state index contributed by atoms with van der Waals surface area (Å²) in [6.07, 6.45) is 3.61. The monoisotopic (exact) mass is 560 g/mol. The van der Waals surface area contributed by atoms with Crippen LogP contribution in [0.25, 0.3) is 0 Å². The number of H-pyrrole nitrogens is 1. The lowest BCUT2D eigenvalue weighted by Crippen LogP contribution is -2.50. The molecule has 11 nitrogen and oxygen atoms in total. The molecule has 3 heterocycles. The van der Waals surface area contributed by atoms with Crippen LogP contribution in [0.2, 0.25) is 0 Å². The van der Waals surface area contributed by atoms with Crippen molar-refractivity contribution in [1.82, 2.24) is 35.1 Å². The summed E-state index contributed by atoms with van der Waals surface area (Å²) >= 11 is 0. The predicted octanol–water partition coefficient (Wildman–Crippen LogP) is 3.55. The van der Waals surface area contributed by atoms with E-state index < -0.39 is 35.4 Å². The molecule has 214 valence electrons. The Bertz CT molecular complexity index is 1440. The summed E-state index contributed by atoms with van der Waals surface area (Å²) < 4.78 is 42.3. The first-order valence-corrected chi connectivity index (χ1v) is 13.3. The van der Waals surface area contributed by atoms with E-state index >= 15 is 0 Å². The number of rotatable bonds is 10. The smallest absolute Gasteiger partial charge is 0.339 e. The van der Waals surface area contributed by atoms with Crippen LogP contribution < -0.4 is 16.2 Å². The van der Waals surface area contributed by atoms with Gasteiger partial charge < -0.3 is 10.6 Å². The van der Waals surface area contributed by atoms with Crippen LogP contribution >= 0.6 is 0 Å². The highest BCUT2D eigenvalue weighted by atomic mass is 19.4. The molecule has 2 amide bonds. The van der Waals surface area contributed by atoms with Crippen molar-refractivity contribution in [2.45, 2.75) is 70.8 Å². The quantitative estimate of drug-likeness (QED) is 0.347. The second kappa shape index (κ2) is 10.5. The van der Waals surface area contributed by atoms with Gasteiger partial charge in [-0.25, -0.2) is 5.10 Å². The molecule has 2 atom stereocenters. The first-order chi connectivity index (χ1) is 18.9. The summed E-state index contributed by atoms with van der Waals surface area (Å²) in [7, 11) is 0. The minimum absolute atomic E-state index is 0.00972. The molecule has 2 fully saturated rings. The van der Waals surface area contributed by atoms with E-state index in [-0.39, 0.29) is 29.1 Å². The number of hydrogen-bond donors (Lipinski definition) is 3. The SMILES string of the molecule is CC(c1cc(C(F)(F)F)n[nH]c1=O)n1cc(NC(=O)[C@@H](NC(=O)c2ccnn2C(C)C)C(C2CC2)C2CC2)cn1. The van der Waals surface area contributed by atoms with Gasteiger partial charge in [0.1, 0.15) is 11.7 Å². The fourth-order valence-electron chi connectivity index (χ4n) is 5.20. The van der Waals surface area contributed by atoms with Gasteiger partial charge in [0.25, 0.3) is 11.5 Å². The Kier molecular flexibility index (Phi) is 7.27. The first-order valence-electron chi connectivity index (χ1n) is 13.3. The van der Waals surface area contributed by atoms with Crippen molar-refractivity contribution >= 4 is 17.5 Å². The molecule has 0 aliphatic heterocycles. The lowest BCUT2D eigenvalue weighted by Gasteiger charge is -2.27. The average Bonchev–Trinajstić information content (AvgIpc) is 3.81. The molecule has 2 saturated carbocycles. The Hall–Kier alpha value is -3.97. The van der Waals surface area contributed by atoms with Gasteiger partial charge in [-0.15, -0.1) is 0 Å². The van der Waals surface area contributed by atoms with E-state index in [1.807, 2.05) is 18.9 Å². The van der Waals surface area contributed by atoms with E-state index in [0.29, 0.717) is 23.6 Å². The third-order valence-electron chi connectivity index (χ3n) is 7.52. The third-order valence-corrected chi connectivity index (χ3v) is 7.52. The minimum atomic E-state index is -4.73. The molecule has 0 spiro atoms. The highest BCUT2D eigenvalue weighted by Gasteiger charge is 2.48. The van der Waals surface area contributed by atoms with Crippen LogP contribution in [0.15, 0.2) is 35.5 Å². The van der Waals surface area contributed by atoms with E-state index in [1.54, 1.807) is 16.9 Å². The van der Waals surface area contributed by atoms with Crippen molar-refractivity contribution in [1.29, 1.82) is 0 Å². The van der Waals surface area contributed by atoms with Crippen LogP contribution in [-0.2, 0) is 11.0 Å². The number of aromatic nitrogens is 6. The van der Waals surface area contributed by atoms with E-state index in [2.05, 4.69) is 25.9 Å². The maximum atomic E-state index is 13.6. The number of nitrogens with zero attached hydrogens (tertiary/aromatic N) is 5. The molecule has 3 aromatic rings. The van der Waals surface area contributed by atoms with Gasteiger partial charge in [0.15, 0.2) is 5.69 Å². The zero-order valence-corrected chi connectivity index (χ0v) is 22.3. The van der Waals surface area contributed by atoms with Crippen LogP contribution in [0.1, 0.15) is 80.3 Å². The summed E-state index contributed by atoms with van der Waals surface area (Å²) in [5, 5.41) is 19.1. The summed E-state index contributed by atoms with van der Waals surface area (Å²) in [6, 6.07) is 0.590. The molecule has 40 heavy (non-hydrogen) atoms. The van der Waals surface area contributed by atoms with Gasteiger partial charge in [-0.05, 0) is 76.3 Å². The van der Waals surface area contributed by atoms with Crippen molar-refractivity contribution in [3.8, 4) is 0 Å². The minimum Gasteiger partial charge on any atom is -0.339 e. The van der Waals surface area contributed by atoms with Crippen LogP contribution in [0, 0.1) is 17.8 Å². The van der Waals surface area contributed by atoms with Gasteiger partial charge in [0.2, 0.25) is 5.91 Å². The number of halogens is 3. The van der Waals surface area contributed by atoms with Gasteiger partial charge in [-0.3, -0.25) is 23.7 Å². The van der Waals surface area contributed by atoms with Crippen molar-refractivity contribution in [3.63, 3.8) is 0 Å². The van der Waals surface area contributed by atoms with E-state index in [0.717, 1.165) is 25.7 Å². The largest absolute Gasteiger partial charge is 0.435 e. The predicted molar refractivity (Wildman–Crippen MR) is 137 cm³/mol. The number of aromatic amines is 1. The number of hydrogen-bond acceptors (Lipinski definition) is 6. The molecule has 1 unspecified atom stereocenters. The van der Waals surface area contributed by atoms with E-state index in [9.17, 15) is 27.6 Å². The zero-order valence-electron chi connectivity index (χ0n) is 22.3. The summed E-state index contributed by atoms with van der Waals surface area (Å²) in [6.45, 7) is 5.33. The first kappa shape index (κ1) is 27.6. The molecule has 3 aromatic heterocycles. The Morgan fingerprint density at radius 1 is 1.10 bits per heavy atom. The van der Waals surface area contributed by atoms with Crippen LogP contribution in [0.5, 0.6) is 0 Å². The molecule has 14 heteroatoms. The summed E-state index contributed by atoms with van der Waals surface area (Å²) in [5.74, 6) is -0.102. The molecule has 2 aliphatic carbocycles. The van der Waals surface area contributed by atoms with Crippen molar-refractivity contribution < 1.29 is 22.8 Å². The lowest BCUT2D eigenvalue weighted by atomic mass is 9.88. The van der Waals surface area contributed by atoms with Crippen molar-refractivity contribution in [2.24, 2.45) is 17.8 Å². The standard InChI is InChI=1S/C26H31F3N8O3/c1-13(2)37-19(8-9-30-37)24(39)33-22(21(15-4-5-15)16-6-7-16)25(40)32-17-11-31-36(12-17)14(3)18-10-20(26(27,28)29)34-35-23(18)38/h8-16,21-22H,4-7H2,1-3H3,(H,32,40)(H,33,39)(H,35,38)/t14?,22-/m0/s1. The summed E-state index contributed by atoms with van der Waals surface area (Å²) in [5.41, 5.74) is -1.53. The molecule has 0 aromatic carbocycles. The lowest BCUT2D eigenvalue weighted by molar-refractivity contribution is -0.141. The number of nitrogens with one attached hydrogen (secondary N) is 3. The molecule has 2 aliphatic rings. The van der Waals surface area contributed by atoms with Gasteiger partial charge >= 0.3 is 6.18 Å². The van der Waals surface area contributed by atoms with Crippen LogP contribution in [0.3, 0.4) is 0 Å². The maximum Gasteiger partial charge on any atom is 0.435 e. The Morgan fingerprint density at radius 2 is 1.77 bits per heavy atom. The van der Waals surface area contributed by atoms with Crippen molar-refractivity contribution in [2.75, 3.05) is 5.32 Å². The number of alkyl halides is 3. The Balaban J connectivity index is 1.36. The topological polar surface area (TPSA) is 140 Å². The van der Waals surface area contributed by atoms with Crippen molar-refractivity contribution in [3.05, 3.63) is 58.0 Å². The average molecular weight is 561 g/mol. The maximum absolute atomic E-state index is 13.6. The number of anilines is 1. The van der Waals surface area contributed by atoms with E-state index in [4.69, 9.17) is 0 Å². The highest BCUT2D eigenvalue weighted by molar-refractivity contribution is 6.00. The number of carbonyl (C=O) groups excluding carboxylic acids is 2. The van der Waals surface area contributed by atoms with E-state index in [1.165, 1.54) is 24.0 Å². The zero-order chi connectivity index (χ0) is 28.8. The second-order valence-corrected chi connectivity index (χ2v) is 10.9. The number of amides is 2. The van der Waals surface area contributed by atoms with Gasteiger partial charge in [-0.1, -0.05) is 0 Å². The number of carbonyl (C=O) groups is 2. The molecule has 0 bridgehead atoms. The highest BCUT2D eigenvalue weighted by Crippen LogP contribution is 2.51. The summed E-state index contributed by atoms with van der Waals surface area (Å²) in [4.78, 5) is 39.1. The molecule has 0 radical (unpaired) electrons. The molecular formula is C26H31F3N8O3. The second-order valence-electron chi connectivity index (χ2n) is 10.9. The molecule has 5 rings (SSSR count). The fraction of sp³-hybridized carbons (Fsp3) is 0.538.